The highest BCUT2D eigenvalue weighted by molar-refractivity contribution is 6.06. The smallest absolute Gasteiger partial charge is 0.280 e. The van der Waals surface area contributed by atoms with Crippen molar-refractivity contribution in [3.05, 3.63) is 47.5 Å². The van der Waals surface area contributed by atoms with E-state index in [9.17, 15) is 13.6 Å². The van der Waals surface area contributed by atoms with E-state index in [1.165, 1.54) is 11.7 Å². The molecule has 2 aromatic heterocycles. The first-order valence-corrected chi connectivity index (χ1v) is 7.51. The van der Waals surface area contributed by atoms with Gasteiger partial charge in [-0.1, -0.05) is 19.1 Å². The third-order valence-corrected chi connectivity index (χ3v) is 3.67. The van der Waals surface area contributed by atoms with Crippen LogP contribution in [0.5, 0.6) is 0 Å². The average Bonchev–Trinajstić information content (AvgIpc) is 3.21. The first-order valence-electron chi connectivity index (χ1n) is 7.51. The minimum atomic E-state index is -2.81. The van der Waals surface area contributed by atoms with Crippen LogP contribution in [-0.2, 0) is 13.5 Å². The third-order valence-electron chi connectivity index (χ3n) is 3.67. The van der Waals surface area contributed by atoms with E-state index in [0.717, 1.165) is 10.9 Å². The number of aryl methyl sites for hydroxylation is 2. The quantitative estimate of drug-likeness (QED) is 0.764. The molecule has 8 nitrogen and oxygen atoms in total. The molecule has 1 amide bonds. The Labute approximate surface area is 141 Å². The van der Waals surface area contributed by atoms with Gasteiger partial charge in [0.25, 0.3) is 12.3 Å². The lowest BCUT2D eigenvalue weighted by molar-refractivity contribution is 0.100. The lowest BCUT2D eigenvalue weighted by atomic mass is 10.2. The molecular weight excluding hydrogens is 332 g/mol. The summed E-state index contributed by atoms with van der Waals surface area (Å²) < 4.78 is 28.8. The fourth-order valence-corrected chi connectivity index (χ4v) is 2.45. The van der Waals surface area contributed by atoms with Crippen LogP contribution in [-0.4, -0.2) is 35.9 Å². The molecule has 130 valence electrons. The van der Waals surface area contributed by atoms with Gasteiger partial charge in [-0.3, -0.25) is 9.48 Å². The van der Waals surface area contributed by atoms with Gasteiger partial charge in [0.15, 0.2) is 5.82 Å². The molecule has 0 aliphatic rings. The molecule has 10 heteroatoms. The largest absolute Gasteiger partial charge is 0.320 e. The van der Waals surface area contributed by atoms with Gasteiger partial charge in [-0.2, -0.15) is 9.78 Å². The van der Waals surface area contributed by atoms with Crippen LogP contribution in [0.2, 0.25) is 0 Å². The summed E-state index contributed by atoms with van der Waals surface area (Å²) in [5, 5.41) is 17.8. The van der Waals surface area contributed by atoms with E-state index < -0.39 is 18.0 Å². The van der Waals surface area contributed by atoms with Gasteiger partial charge < -0.3 is 5.32 Å². The topological polar surface area (TPSA) is 90.5 Å². The van der Waals surface area contributed by atoms with E-state index in [0.29, 0.717) is 23.6 Å². The number of alkyl halides is 2. The zero-order chi connectivity index (χ0) is 18.0. The Hall–Kier alpha value is -3.17. The highest BCUT2D eigenvalue weighted by atomic mass is 19.3. The van der Waals surface area contributed by atoms with Gasteiger partial charge in [0, 0.05) is 13.5 Å². The van der Waals surface area contributed by atoms with E-state index in [2.05, 4.69) is 25.9 Å². The van der Waals surface area contributed by atoms with Gasteiger partial charge in [-0.15, -0.1) is 5.10 Å². The van der Waals surface area contributed by atoms with Crippen molar-refractivity contribution in [2.45, 2.75) is 19.8 Å². The number of halogens is 2. The molecule has 0 unspecified atom stereocenters. The molecule has 0 fully saturated rings. The fraction of sp³-hybridized carbons (Fsp3) is 0.267. The molecule has 2 heterocycles. The number of hydrogen-bond acceptors (Lipinski definition) is 5. The molecule has 0 saturated carbocycles. The van der Waals surface area contributed by atoms with Crippen LogP contribution in [0.1, 0.15) is 35.2 Å². The summed E-state index contributed by atoms with van der Waals surface area (Å²) in [7, 11) is 1.36. The zero-order valence-corrected chi connectivity index (χ0v) is 13.5. The van der Waals surface area contributed by atoms with Crippen LogP contribution < -0.4 is 5.32 Å². The molecule has 3 aromatic rings. The van der Waals surface area contributed by atoms with E-state index in [-0.39, 0.29) is 5.56 Å². The number of aromatic nitrogens is 6. The number of carbonyl (C=O) groups excluding carboxylic acids is 1. The molecule has 0 bridgehead atoms. The molecule has 0 radical (unpaired) electrons. The number of para-hydroxylation sites is 2. The number of carbonyl (C=O) groups is 1. The summed E-state index contributed by atoms with van der Waals surface area (Å²) >= 11 is 0. The molecule has 0 aliphatic carbocycles. The van der Waals surface area contributed by atoms with E-state index in [1.807, 2.05) is 6.92 Å². The number of nitrogens with zero attached hydrogens (tertiary/aromatic N) is 6. The number of anilines is 1. The first kappa shape index (κ1) is 16.7. The standard InChI is InChI=1S/C15H15F2N7O/c1-3-12-20-21-22-24(12)11-7-5-4-6-10(11)19-15(25)9-8-18-23(2)13(9)14(16)17/h4-8,14H,3H2,1-2H3,(H,19,25). The van der Waals surface area contributed by atoms with Crippen molar-refractivity contribution in [2.24, 2.45) is 7.05 Å². The zero-order valence-electron chi connectivity index (χ0n) is 13.5. The minimum absolute atomic E-state index is 0.181. The molecule has 25 heavy (non-hydrogen) atoms. The maximum absolute atomic E-state index is 13.2. The van der Waals surface area contributed by atoms with Gasteiger partial charge in [-0.25, -0.2) is 8.78 Å². The van der Waals surface area contributed by atoms with Crippen LogP contribution in [0.25, 0.3) is 5.69 Å². The summed E-state index contributed by atoms with van der Waals surface area (Å²) in [5.41, 5.74) is 0.324. The van der Waals surface area contributed by atoms with Crippen molar-refractivity contribution < 1.29 is 13.6 Å². The van der Waals surface area contributed by atoms with E-state index >= 15 is 0 Å². The summed E-state index contributed by atoms with van der Waals surface area (Å²) in [4.78, 5) is 12.5. The SMILES string of the molecule is CCc1nnnn1-c1ccccc1NC(=O)c1cnn(C)c1C(F)F. The monoisotopic (exact) mass is 347 g/mol. The van der Waals surface area contributed by atoms with Crippen LogP contribution in [0.15, 0.2) is 30.5 Å². The Morgan fingerprint density at radius 1 is 1.32 bits per heavy atom. The molecule has 1 N–H and O–H groups in total. The number of rotatable bonds is 5. The highest BCUT2D eigenvalue weighted by Crippen LogP contribution is 2.25. The van der Waals surface area contributed by atoms with Crippen LogP contribution in [0, 0.1) is 0 Å². The summed E-state index contributed by atoms with van der Waals surface area (Å²) in [6, 6.07) is 6.85. The highest BCUT2D eigenvalue weighted by Gasteiger charge is 2.24. The summed E-state index contributed by atoms with van der Waals surface area (Å²) in [6.45, 7) is 1.90. The maximum Gasteiger partial charge on any atom is 0.280 e. The Balaban J connectivity index is 1.96. The summed E-state index contributed by atoms with van der Waals surface area (Å²) in [6.07, 6.45) is -1.10. The average molecular weight is 347 g/mol. The third kappa shape index (κ3) is 3.10. The first-order chi connectivity index (χ1) is 12.0. The van der Waals surface area contributed by atoms with Crippen LogP contribution in [0.4, 0.5) is 14.5 Å². The second-order valence-corrected chi connectivity index (χ2v) is 5.20. The normalized spacial score (nSPS) is 11.1. The molecule has 0 saturated heterocycles. The van der Waals surface area contributed by atoms with Gasteiger partial charge in [0.05, 0.1) is 23.1 Å². The minimum Gasteiger partial charge on any atom is -0.320 e. The van der Waals surface area contributed by atoms with E-state index in [1.54, 1.807) is 24.3 Å². The number of hydrogen-bond donors (Lipinski definition) is 1. The van der Waals surface area contributed by atoms with Crippen molar-refractivity contribution in [3.63, 3.8) is 0 Å². The number of amides is 1. The van der Waals surface area contributed by atoms with Gasteiger partial charge in [-0.05, 0) is 22.6 Å². The number of nitrogens with one attached hydrogen (secondary N) is 1. The second-order valence-electron chi connectivity index (χ2n) is 5.20. The lowest BCUT2D eigenvalue weighted by Crippen LogP contribution is -2.16. The molecule has 0 atom stereocenters. The van der Waals surface area contributed by atoms with Crippen molar-refractivity contribution in [1.29, 1.82) is 0 Å². The van der Waals surface area contributed by atoms with Crippen LogP contribution in [0.3, 0.4) is 0 Å². The number of tetrazole rings is 1. The summed E-state index contributed by atoms with van der Waals surface area (Å²) in [5.74, 6) is -0.0710. The molecule has 0 aliphatic heterocycles. The van der Waals surface area contributed by atoms with Crippen molar-refractivity contribution in [3.8, 4) is 5.69 Å². The van der Waals surface area contributed by atoms with E-state index in [4.69, 9.17) is 0 Å². The van der Waals surface area contributed by atoms with Gasteiger partial charge >= 0.3 is 0 Å². The molecule has 0 spiro atoms. The predicted octanol–water partition coefficient (Wildman–Crippen LogP) is 2.15. The van der Waals surface area contributed by atoms with Crippen molar-refractivity contribution in [2.75, 3.05) is 5.32 Å². The van der Waals surface area contributed by atoms with Gasteiger partial charge in [0.1, 0.15) is 5.69 Å². The van der Waals surface area contributed by atoms with Crippen LogP contribution >= 0.6 is 0 Å². The number of benzene rings is 1. The Bertz CT molecular complexity index is 903. The Morgan fingerprint density at radius 3 is 2.80 bits per heavy atom. The molecule has 3 rings (SSSR count). The second kappa shape index (κ2) is 6.75. The molecule has 1 aromatic carbocycles. The molecular formula is C15H15F2N7O. The van der Waals surface area contributed by atoms with Gasteiger partial charge in [0.2, 0.25) is 0 Å². The van der Waals surface area contributed by atoms with Crippen molar-refractivity contribution >= 4 is 11.6 Å². The Kier molecular flexibility index (Phi) is 4.50. The Morgan fingerprint density at radius 2 is 2.08 bits per heavy atom. The lowest BCUT2D eigenvalue weighted by Gasteiger charge is -2.12. The van der Waals surface area contributed by atoms with Crippen molar-refractivity contribution in [1.82, 2.24) is 30.0 Å². The predicted molar refractivity (Wildman–Crippen MR) is 84.7 cm³/mol. The maximum atomic E-state index is 13.2. The fourth-order valence-electron chi connectivity index (χ4n) is 2.45.